The Hall–Kier alpha value is -1.65. The maximum Gasteiger partial charge on any atom is 0.305 e. The lowest BCUT2D eigenvalue weighted by atomic mass is 10.0. The summed E-state index contributed by atoms with van der Waals surface area (Å²) in [7, 11) is 0. The van der Waals surface area contributed by atoms with E-state index >= 15 is 0 Å². The molecule has 0 fully saturated rings. The average molecular weight is 289 g/mol. The van der Waals surface area contributed by atoms with Gasteiger partial charge in [-0.3, -0.25) is 4.79 Å². The van der Waals surface area contributed by atoms with E-state index in [4.69, 9.17) is 10.5 Å². The second-order valence-electron chi connectivity index (χ2n) is 4.61. The SMILES string of the molecule is NC(CCC(=O)OCCc1cccs1)c1ccccc1. The summed E-state index contributed by atoms with van der Waals surface area (Å²) in [6.07, 6.45) is 1.76. The number of ether oxygens (including phenoxy) is 1. The van der Waals surface area contributed by atoms with Crippen molar-refractivity contribution in [3.8, 4) is 0 Å². The van der Waals surface area contributed by atoms with Crippen molar-refractivity contribution < 1.29 is 9.53 Å². The van der Waals surface area contributed by atoms with Crippen LogP contribution in [0.25, 0.3) is 0 Å². The fourth-order valence-corrected chi connectivity index (χ4v) is 2.62. The summed E-state index contributed by atoms with van der Waals surface area (Å²) in [6.45, 7) is 0.444. The number of thiophene rings is 1. The molecule has 1 aromatic carbocycles. The third kappa shape index (κ3) is 4.79. The summed E-state index contributed by atoms with van der Waals surface area (Å²) in [5.41, 5.74) is 7.10. The van der Waals surface area contributed by atoms with Gasteiger partial charge in [-0.1, -0.05) is 36.4 Å². The third-order valence-electron chi connectivity index (χ3n) is 3.08. The van der Waals surface area contributed by atoms with E-state index in [1.165, 1.54) is 4.88 Å². The molecular formula is C16H19NO2S. The number of hydrogen-bond donors (Lipinski definition) is 1. The smallest absolute Gasteiger partial charge is 0.305 e. The van der Waals surface area contributed by atoms with Crippen LogP contribution in [0.15, 0.2) is 47.8 Å². The summed E-state index contributed by atoms with van der Waals surface area (Å²) in [5.74, 6) is -0.173. The van der Waals surface area contributed by atoms with E-state index in [0.29, 0.717) is 19.4 Å². The highest BCUT2D eigenvalue weighted by Gasteiger charge is 2.09. The van der Waals surface area contributed by atoms with Gasteiger partial charge in [-0.15, -0.1) is 11.3 Å². The summed E-state index contributed by atoms with van der Waals surface area (Å²) in [4.78, 5) is 12.9. The van der Waals surface area contributed by atoms with Gasteiger partial charge in [0.15, 0.2) is 0 Å². The van der Waals surface area contributed by atoms with E-state index < -0.39 is 0 Å². The molecule has 1 aromatic heterocycles. The van der Waals surface area contributed by atoms with E-state index in [2.05, 4.69) is 0 Å². The molecule has 0 aliphatic heterocycles. The van der Waals surface area contributed by atoms with Crippen molar-refractivity contribution >= 4 is 17.3 Å². The Balaban J connectivity index is 1.65. The lowest BCUT2D eigenvalue weighted by molar-refractivity contribution is -0.143. The number of carbonyl (C=O) groups is 1. The topological polar surface area (TPSA) is 52.3 Å². The Morgan fingerprint density at radius 2 is 2.00 bits per heavy atom. The molecule has 1 atom stereocenters. The van der Waals surface area contributed by atoms with Crippen LogP contribution in [0.3, 0.4) is 0 Å². The van der Waals surface area contributed by atoms with E-state index in [1.54, 1.807) is 11.3 Å². The molecule has 0 saturated heterocycles. The summed E-state index contributed by atoms with van der Waals surface area (Å²) >= 11 is 1.68. The summed E-state index contributed by atoms with van der Waals surface area (Å²) in [6, 6.07) is 13.8. The zero-order chi connectivity index (χ0) is 14.2. The predicted molar refractivity (Wildman–Crippen MR) is 81.6 cm³/mol. The number of carbonyl (C=O) groups excluding carboxylic acids is 1. The molecule has 2 rings (SSSR count). The first-order valence-corrected chi connectivity index (χ1v) is 7.62. The van der Waals surface area contributed by atoms with Crippen LogP contribution >= 0.6 is 11.3 Å². The number of benzene rings is 1. The largest absolute Gasteiger partial charge is 0.465 e. The van der Waals surface area contributed by atoms with Gasteiger partial charge in [-0.05, 0) is 23.4 Å². The molecule has 0 aliphatic rings. The van der Waals surface area contributed by atoms with Crippen LogP contribution < -0.4 is 5.73 Å². The molecule has 0 aliphatic carbocycles. The van der Waals surface area contributed by atoms with Gasteiger partial charge in [0.05, 0.1) is 6.61 Å². The molecule has 1 heterocycles. The Labute approximate surface area is 123 Å². The maximum atomic E-state index is 11.6. The highest BCUT2D eigenvalue weighted by atomic mass is 32.1. The third-order valence-corrected chi connectivity index (χ3v) is 4.01. The summed E-state index contributed by atoms with van der Waals surface area (Å²) in [5, 5.41) is 2.02. The van der Waals surface area contributed by atoms with Crippen LogP contribution in [0.4, 0.5) is 0 Å². The second kappa shape index (κ2) is 7.82. The monoisotopic (exact) mass is 289 g/mol. The van der Waals surface area contributed by atoms with Crippen LogP contribution in [0, 0.1) is 0 Å². The van der Waals surface area contributed by atoms with Crippen LogP contribution in [-0.2, 0) is 16.0 Å². The van der Waals surface area contributed by atoms with Gasteiger partial charge < -0.3 is 10.5 Å². The van der Waals surface area contributed by atoms with E-state index in [0.717, 1.165) is 12.0 Å². The molecule has 1 unspecified atom stereocenters. The highest BCUT2D eigenvalue weighted by molar-refractivity contribution is 7.09. The zero-order valence-corrected chi connectivity index (χ0v) is 12.1. The Morgan fingerprint density at radius 1 is 1.20 bits per heavy atom. The standard InChI is InChI=1S/C16H19NO2S/c17-15(13-5-2-1-3-6-13)8-9-16(18)19-11-10-14-7-4-12-20-14/h1-7,12,15H,8-11,17H2. The quantitative estimate of drug-likeness (QED) is 0.796. The first kappa shape index (κ1) is 14.8. The van der Waals surface area contributed by atoms with Crippen molar-refractivity contribution in [2.75, 3.05) is 6.61 Å². The molecule has 4 heteroatoms. The first-order chi connectivity index (χ1) is 9.75. The van der Waals surface area contributed by atoms with Crippen molar-refractivity contribution in [1.29, 1.82) is 0 Å². The number of hydrogen-bond acceptors (Lipinski definition) is 4. The van der Waals surface area contributed by atoms with E-state index in [9.17, 15) is 4.79 Å². The van der Waals surface area contributed by atoms with Crippen molar-refractivity contribution in [2.45, 2.75) is 25.3 Å². The molecule has 2 N–H and O–H groups in total. The molecule has 0 saturated carbocycles. The minimum atomic E-state index is -0.173. The average Bonchev–Trinajstić information content (AvgIpc) is 2.99. The maximum absolute atomic E-state index is 11.6. The van der Waals surface area contributed by atoms with Gasteiger partial charge in [0.25, 0.3) is 0 Å². The number of rotatable bonds is 7. The van der Waals surface area contributed by atoms with Gasteiger partial charge in [-0.2, -0.15) is 0 Å². The number of esters is 1. The van der Waals surface area contributed by atoms with E-state index in [-0.39, 0.29) is 12.0 Å². The van der Waals surface area contributed by atoms with Gasteiger partial charge >= 0.3 is 5.97 Å². The molecular weight excluding hydrogens is 270 g/mol. The first-order valence-electron chi connectivity index (χ1n) is 6.74. The van der Waals surface area contributed by atoms with Gasteiger partial charge in [0.1, 0.15) is 0 Å². The summed E-state index contributed by atoms with van der Waals surface area (Å²) < 4.78 is 5.21. The fourth-order valence-electron chi connectivity index (χ4n) is 1.93. The Bertz CT molecular complexity index is 511. The molecule has 0 radical (unpaired) electrons. The lowest BCUT2D eigenvalue weighted by Gasteiger charge is -2.11. The Morgan fingerprint density at radius 3 is 2.70 bits per heavy atom. The molecule has 2 aromatic rings. The normalized spacial score (nSPS) is 12.1. The highest BCUT2D eigenvalue weighted by Crippen LogP contribution is 2.15. The van der Waals surface area contributed by atoms with Crippen molar-refractivity contribution in [2.24, 2.45) is 5.73 Å². The second-order valence-corrected chi connectivity index (χ2v) is 5.64. The van der Waals surface area contributed by atoms with Crippen molar-refractivity contribution in [1.82, 2.24) is 0 Å². The molecule has 3 nitrogen and oxygen atoms in total. The zero-order valence-electron chi connectivity index (χ0n) is 11.3. The molecule has 0 spiro atoms. The molecule has 106 valence electrons. The number of nitrogens with two attached hydrogens (primary N) is 1. The van der Waals surface area contributed by atoms with Gasteiger partial charge in [-0.25, -0.2) is 0 Å². The minimum Gasteiger partial charge on any atom is -0.465 e. The van der Waals surface area contributed by atoms with Crippen molar-refractivity contribution in [3.05, 3.63) is 58.3 Å². The van der Waals surface area contributed by atoms with Crippen molar-refractivity contribution in [3.63, 3.8) is 0 Å². The van der Waals surface area contributed by atoms with E-state index in [1.807, 2.05) is 47.8 Å². The molecule has 0 bridgehead atoms. The molecule has 20 heavy (non-hydrogen) atoms. The lowest BCUT2D eigenvalue weighted by Crippen LogP contribution is -2.14. The van der Waals surface area contributed by atoms with Gasteiger partial charge in [0.2, 0.25) is 0 Å². The Kier molecular flexibility index (Phi) is 5.77. The molecule has 0 amide bonds. The van der Waals surface area contributed by atoms with Crippen LogP contribution in [0.2, 0.25) is 0 Å². The fraction of sp³-hybridized carbons (Fsp3) is 0.312. The van der Waals surface area contributed by atoms with Crippen LogP contribution in [-0.4, -0.2) is 12.6 Å². The van der Waals surface area contributed by atoms with Crippen LogP contribution in [0.1, 0.15) is 29.3 Å². The van der Waals surface area contributed by atoms with Gasteiger partial charge in [0, 0.05) is 23.8 Å². The predicted octanol–water partition coefficient (Wildman–Crippen LogP) is 3.31. The van der Waals surface area contributed by atoms with Crippen LogP contribution in [0.5, 0.6) is 0 Å². The minimum absolute atomic E-state index is 0.110.